The Morgan fingerprint density at radius 1 is 1.00 bits per heavy atom. The summed E-state index contributed by atoms with van der Waals surface area (Å²) in [5, 5.41) is 2.84. The quantitative estimate of drug-likeness (QED) is 0.518. The number of para-hydroxylation sites is 2. The number of H-pyrrole nitrogens is 1. The van der Waals surface area contributed by atoms with Crippen LogP contribution in [-0.4, -0.2) is 30.0 Å². The van der Waals surface area contributed by atoms with E-state index in [1.807, 2.05) is 42.5 Å². The van der Waals surface area contributed by atoms with Gasteiger partial charge in [0.2, 0.25) is 0 Å². The topological polar surface area (TPSA) is 91.9 Å². The molecule has 0 radical (unpaired) electrons. The smallest absolute Gasteiger partial charge is 0.255 e. The zero-order chi connectivity index (χ0) is 20.4. The van der Waals surface area contributed by atoms with Crippen LogP contribution in [0.2, 0.25) is 0 Å². The third kappa shape index (κ3) is 3.90. The third-order valence-electron chi connectivity index (χ3n) is 4.64. The largest absolute Gasteiger partial charge is 0.338 e. The second-order valence-corrected chi connectivity index (χ2v) is 8.84. The number of hydrogen-bond donors (Lipinski definition) is 2. The zero-order valence-corrected chi connectivity index (χ0v) is 16.5. The summed E-state index contributed by atoms with van der Waals surface area (Å²) in [7, 11) is -3.29. The minimum absolute atomic E-state index is 0.0210. The Bertz CT molecular complexity index is 1260. The van der Waals surface area contributed by atoms with Crippen LogP contribution in [0.3, 0.4) is 0 Å². The van der Waals surface area contributed by atoms with E-state index in [1.54, 1.807) is 13.0 Å². The Labute approximate surface area is 168 Å². The number of nitrogens with one attached hydrogen (secondary N) is 2. The van der Waals surface area contributed by atoms with Gasteiger partial charge in [-0.25, -0.2) is 13.4 Å². The number of amides is 1. The Balaban J connectivity index is 1.55. The Kier molecular flexibility index (Phi) is 4.90. The van der Waals surface area contributed by atoms with Gasteiger partial charge in [0.05, 0.1) is 21.7 Å². The first-order valence-electron chi connectivity index (χ1n) is 9.15. The molecule has 0 aliphatic heterocycles. The number of imidazole rings is 1. The number of fused-ring (bicyclic) bond motifs is 1. The van der Waals surface area contributed by atoms with Gasteiger partial charge in [0.15, 0.2) is 9.84 Å². The predicted molar refractivity (Wildman–Crippen MR) is 114 cm³/mol. The van der Waals surface area contributed by atoms with Gasteiger partial charge in [0, 0.05) is 16.8 Å². The summed E-state index contributed by atoms with van der Waals surface area (Å²) in [6.07, 6.45) is 0. The number of anilines is 1. The highest BCUT2D eigenvalue weighted by atomic mass is 32.2. The lowest BCUT2D eigenvalue weighted by molar-refractivity contribution is 0.102. The average molecular weight is 405 g/mol. The Hall–Kier alpha value is -3.45. The molecule has 7 heteroatoms. The van der Waals surface area contributed by atoms with E-state index in [1.165, 1.54) is 24.3 Å². The van der Waals surface area contributed by atoms with Crippen LogP contribution in [0.5, 0.6) is 0 Å². The summed E-state index contributed by atoms with van der Waals surface area (Å²) in [5.74, 6) is 0.427. The fraction of sp³-hybridized carbons (Fsp3) is 0.0909. The highest BCUT2D eigenvalue weighted by Gasteiger charge is 2.13. The minimum Gasteiger partial charge on any atom is -0.338 e. The number of benzene rings is 3. The summed E-state index contributed by atoms with van der Waals surface area (Å²) in [5.41, 5.74) is 3.67. The third-order valence-corrected chi connectivity index (χ3v) is 6.39. The van der Waals surface area contributed by atoms with Crippen LogP contribution in [-0.2, 0) is 9.84 Å². The van der Waals surface area contributed by atoms with E-state index in [9.17, 15) is 13.2 Å². The second-order valence-electron chi connectivity index (χ2n) is 6.57. The maximum absolute atomic E-state index is 12.5. The molecular formula is C22H19N3O3S. The Morgan fingerprint density at radius 2 is 1.76 bits per heavy atom. The highest BCUT2D eigenvalue weighted by molar-refractivity contribution is 7.91. The predicted octanol–water partition coefficient (Wildman–Crippen LogP) is 4.28. The number of nitrogens with zero attached hydrogens (tertiary/aromatic N) is 1. The van der Waals surface area contributed by atoms with Crippen LogP contribution in [0, 0.1) is 0 Å². The van der Waals surface area contributed by atoms with Crippen LogP contribution in [0.15, 0.2) is 77.7 Å². The standard InChI is InChI=1S/C22H19N3O3S/c1-2-29(27,28)18-12-10-15(11-13-18)22(26)23-17-7-5-6-16(14-17)21-24-19-8-3-4-9-20(19)25-21/h3-14H,2H2,1H3,(H,23,26)(H,24,25). The van der Waals surface area contributed by atoms with E-state index in [-0.39, 0.29) is 16.6 Å². The van der Waals surface area contributed by atoms with Crippen molar-refractivity contribution < 1.29 is 13.2 Å². The molecule has 0 saturated heterocycles. The molecule has 0 aliphatic rings. The summed E-state index contributed by atoms with van der Waals surface area (Å²) in [6.45, 7) is 1.59. The lowest BCUT2D eigenvalue weighted by atomic mass is 10.1. The SMILES string of the molecule is CCS(=O)(=O)c1ccc(C(=O)Nc2cccc(-c3nc4ccccc4[nH]3)c2)cc1. The fourth-order valence-corrected chi connectivity index (χ4v) is 3.90. The van der Waals surface area contributed by atoms with E-state index >= 15 is 0 Å². The van der Waals surface area contributed by atoms with Crippen molar-refractivity contribution in [3.63, 3.8) is 0 Å². The summed E-state index contributed by atoms with van der Waals surface area (Å²) < 4.78 is 23.8. The molecule has 0 fully saturated rings. The van der Waals surface area contributed by atoms with Crippen LogP contribution >= 0.6 is 0 Å². The molecule has 4 rings (SSSR count). The van der Waals surface area contributed by atoms with Crippen molar-refractivity contribution in [2.24, 2.45) is 0 Å². The molecule has 2 N–H and O–H groups in total. The molecule has 0 atom stereocenters. The maximum Gasteiger partial charge on any atom is 0.255 e. The first kappa shape index (κ1) is 18.9. The van der Waals surface area contributed by atoms with Gasteiger partial charge in [0.25, 0.3) is 5.91 Å². The van der Waals surface area contributed by atoms with Crippen molar-refractivity contribution in [2.75, 3.05) is 11.1 Å². The van der Waals surface area contributed by atoms with E-state index < -0.39 is 9.84 Å². The molecule has 0 saturated carbocycles. The number of rotatable bonds is 5. The number of carbonyl (C=O) groups is 1. The van der Waals surface area contributed by atoms with Crippen molar-refractivity contribution in [1.82, 2.24) is 9.97 Å². The van der Waals surface area contributed by atoms with Gasteiger partial charge in [-0.3, -0.25) is 4.79 Å². The van der Waals surface area contributed by atoms with Crippen LogP contribution in [0.25, 0.3) is 22.4 Å². The molecule has 6 nitrogen and oxygen atoms in total. The molecule has 0 bridgehead atoms. The van der Waals surface area contributed by atoms with Gasteiger partial charge >= 0.3 is 0 Å². The number of hydrogen-bond acceptors (Lipinski definition) is 4. The normalized spacial score (nSPS) is 11.5. The van der Waals surface area contributed by atoms with E-state index in [0.717, 1.165) is 22.4 Å². The molecular weight excluding hydrogens is 386 g/mol. The molecule has 1 aromatic heterocycles. The van der Waals surface area contributed by atoms with Gasteiger partial charge < -0.3 is 10.3 Å². The van der Waals surface area contributed by atoms with Crippen molar-refractivity contribution in [1.29, 1.82) is 0 Å². The van der Waals surface area contributed by atoms with Crippen molar-refractivity contribution >= 4 is 32.5 Å². The summed E-state index contributed by atoms with van der Waals surface area (Å²) >= 11 is 0. The molecule has 0 aliphatic carbocycles. The molecule has 1 amide bonds. The van der Waals surface area contributed by atoms with Crippen molar-refractivity contribution in [3.8, 4) is 11.4 Å². The van der Waals surface area contributed by atoms with Gasteiger partial charge in [-0.05, 0) is 48.5 Å². The average Bonchev–Trinajstić information content (AvgIpc) is 3.18. The van der Waals surface area contributed by atoms with Gasteiger partial charge in [-0.15, -0.1) is 0 Å². The van der Waals surface area contributed by atoms with Crippen LogP contribution in [0.1, 0.15) is 17.3 Å². The molecule has 0 spiro atoms. The lowest BCUT2D eigenvalue weighted by Gasteiger charge is -2.08. The number of aromatic amines is 1. The van der Waals surface area contributed by atoms with Gasteiger partial charge in [-0.2, -0.15) is 0 Å². The van der Waals surface area contributed by atoms with Gasteiger partial charge in [0.1, 0.15) is 5.82 Å². The second kappa shape index (κ2) is 7.52. The fourth-order valence-electron chi connectivity index (χ4n) is 3.02. The van der Waals surface area contributed by atoms with Crippen LogP contribution < -0.4 is 5.32 Å². The summed E-state index contributed by atoms with van der Waals surface area (Å²) in [6, 6.07) is 21.1. The minimum atomic E-state index is -3.29. The Morgan fingerprint density at radius 3 is 2.48 bits per heavy atom. The molecule has 0 unspecified atom stereocenters. The molecule has 29 heavy (non-hydrogen) atoms. The van der Waals surface area contributed by atoms with Gasteiger partial charge in [-0.1, -0.05) is 31.2 Å². The molecule has 4 aromatic rings. The van der Waals surface area contributed by atoms with Crippen LogP contribution in [0.4, 0.5) is 5.69 Å². The van der Waals surface area contributed by atoms with E-state index in [2.05, 4.69) is 15.3 Å². The first-order chi connectivity index (χ1) is 14.0. The molecule has 1 heterocycles. The zero-order valence-electron chi connectivity index (χ0n) is 15.7. The molecule has 3 aromatic carbocycles. The monoisotopic (exact) mass is 405 g/mol. The van der Waals surface area contributed by atoms with E-state index in [0.29, 0.717) is 11.3 Å². The summed E-state index contributed by atoms with van der Waals surface area (Å²) in [4.78, 5) is 20.6. The van der Waals surface area contributed by atoms with Crippen molar-refractivity contribution in [2.45, 2.75) is 11.8 Å². The highest BCUT2D eigenvalue weighted by Crippen LogP contribution is 2.23. The lowest BCUT2D eigenvalue weighted by Crippen LogP contribution is -2.12. The maximum atomic E-state index is 12.5. The first-order valence-corrected chi connectivity index (χ1v) is 10.8. The number of aromatic nitrogens is 2. The number of sulfone groups is 1. The molecule has 146 valence electrons. The number of carbonyl (C=O) groups excluding carboxylic acids is 1. The van der Waals surface area contributed by atoms with Crippen molar-refractivity contribution in [3.05, 3.63) is 78.4 Å². The van der Waals surface area contributed by atoms with E-state index in [4.69, 9.17) is 0 Å².